The molecule has 1 aromatic carbocycles. The molecule has 6 heteroatoms. The maximum atomic E-state index is 11.4. The molecule has 0 aliphatic rings. The van der Waals surface area contributed by atoms with Gasteiger partial charge in [0.25, 0.3) is 5.91 Å². The van der Waals surface area contributed by atoms with E-state index in [1.165, 1.54) is 6.92 Å². The lowest BCUT2D eigenvalue weighted by molar-refractivity contribution is -0.126. The summed E-state index contributed by atoms with van der Waals surface area (Å²) in [5.74, 6) is -0.110. The van der Waals surface area contributed by atoms with Gasteiger partial charge in [-0.05, 0) is 31.5 Å². The van der Waals surface area contributed by atoms with Gasteiger partial charge in [-0.2, -0.15) is 0 Å². The van der Waals surface area contributed by atoms with Crippen molar-refractivity contribution in [1.29, 1.82) is 0 Å². The van der Waals surface area contributed by atoms with Crippen LogP contribution in [0.15, 0.2) is 18.2 Å². The maximum Gasteiger partial charge on any atom is 0.318 e. The predicted octanol–water partition coefficient (Wildman–Crippen LogP) is 1.61. The van der Waals surface area contributed by atoms with E-state index in [1.54, 1.807) is 18.2 Å². The van der Waals surface area contributed by atoms with Crippen LogP contribution in [0.4, 0.5) is 4.79 Å². The number of amides is 3. The first kappa shape index (κ1) is 13.3. The molecular formula is C11H13ClN2O3. The standard InChI is InChI=1S/C11H13ClN2O3/c1-6-3-4-8(12)5-9(6)17-7(2)10(15)14-11(13)16/h3-5,7H,1-2H3,(H3,13,14,15,16). The van der Waals surface area contributed by atoms with Crippen molar-refractivity contribution in [3.8, 4) is 5.75 Å². The third-order valence-corrected chi connectivity index (χ3v) is 2.30. The monoisotopic (exact) mass is 256 g/mol. The summed E-state index contributed by atoms with van der Waals surface area (Å²) in [7, 11) is 0. The quantitative estimate of drug-likeness (QED) is 0.862. The minimum absolute atomic E-state index is 0.490. The Balaban J connectivity index is 2.73. The number of rotatable bonds is 3. The molecule has 17 heavy (non-hydrogen) atoms. The van der Waals surface area contributed by atoms with Crippen molar-refractivity contribution in [2.45, 2.75) is 20.0 Å². The number of carbonyl (C=O) groups excluding carboxylic acids is 2. The first-order valence-electron chi connectivity index (χ1n) is 4.93. The Kier molecular flexibility index (Phi) is 4.34. The third-order valence-electron chi connectivity index (χ3n) is 2.07. The van der Waals surface area contributed by atoms with Gasteiger partial charge in [-0.1, -0.05) is 17.7 Å². The molecule has 3 N–H and O–H groups in total. The number of halogens is 1. The van der Waals surface area contributed by atoms with E-state index in [0.717, 1.165) is 5.56 Å². The fourth-order valence-corrected chi connectivity index (χ4v) is 1.33. The second-order valence-electron chi connectivity index (χ2n) is 3.52. The molecule has 1 aromatic rings. The van der Waals surface area contributed by atoms with Gasteiger partial charge in [-0.3, -0.25) is 10.1 Å². The van der Waals surface area contributed by atoms with Crippen molar-refractivity contribution < 1.29 is 14.3 Å². The zero-order valence-corrected chi connectivity index (χ0v) is 10.2. The number of carbonyl (C=O) groups is 2. The van der Waals surface area contributed by atoms with E-state index in [2.05, 4.69) is 0 Å². The molecular weight excluding hydrogens is 244 g/mol. The molecule has 0 aromatic heterocycles. The van der Waals surface area contributed by atoms with Crippen molar-refractivity contribution in [3.05, 3.63) is 28.8 Å². The summed E-state index contributed by atoms with van der Waals surface area (Å²) >= 11 is 5.81. The minimum atomic E-state index is -0.909. The summed E-state index contributed by atoms with van der Waals surface area (Å²) in [5, 5.41) is 2.45. The number of imide groups is 1. The van der Waals surface area contributed by atoms with Gasteiger partial charge in [-0.15, -0.1) is 0 Å². The molecule has 0 fully saturated rings. The first-order valence-corrected chi connectivity index (χ1v) is 5.31. The number of ether oxygens (including phenoxy) is 1. The second-order valence-corrected chi connectivity index (χ2v) is 3.96. The van der Waals surface area contributed by atoms with Crippen LogP contribution < -0.4 is 15.8 Å². The summed E-state index contributed by atoms with van der Waals surface area (Å²) in [6, 6.07) is 4.19. The third kappa shape index (κ3) is 3.96. The lowest BCUT2D eigenvalue weighted by Crippen LogP contribution is -2.42. The van der Waals surface area contributed by atoms with Crippen molar-refractivity contribution in [2.75, 3.05) is 0 Å². The van der Waals surface area contributed by atoms with Crippen molar-refractivity contribution in [2.24, 2.45) is 5.73 Å². The van der Waals surface area contributed by atoms with Crippen LogP contribution in [0.2, 0.25) is 5.02 Å². The highest BCUT2D eigenvalue weighted by molar-refractivity contribution is 6.30. The highest BCUT2D eigenvalue weighted by atomic mass is 35.5. The zero-order chi connectivity index (χ0) is 13.0. The fourth-order valence-electron chi connectivity index (χ4n) is 1.17. The molecule has 0 aliphatic heterocycles. The lowest BCUT2D eigenvalue weighted by Gasteiger charge is -2.15. The van der Waals surface area contributed by atoms with E-state index < -0.39 is 18.0 Å². The van der Waals surface area contributed by atoms with Crippen molar-refractivity contribution in [3.63, 3.8) is 0 Å². The zero-order valence-electron chi connectivity index (χ0n) is 9.49. The average Bonchev–Trinajstić information content (AvgIpc) is 2.22. The number of hydrogen-bond donors (Lipinski definition) is 2. The van der Waals surface area contributed by atoms with E-state index in [4.69, 9.17) is 22.1 Å². The van der Waals surface area contributed by atoms with Crippen molar-refractivity contribution in [1.82, 2.24) is 5.32 Å². The normalized spacial score (nSPS) is 11.7. The Morgan fingerprint density at radius 3 is 2.71 bits per heavy atom. The summed E-state index contributed by atoms with van der Waals surface area (Å²) in [6.07, 6.45) is -0.834. The molecule has 0 saturated heterocycles. The number of hydrogen-bond acceptors (Lipinski definition) is 3. The number of primary amides is 1. The topological polar surface area (TPSA) is 81.4 Å². The Morgan fingerprint density at radius 2 is 2.12 bits per heavy atom. The molecule has 0 radical (unpaired) electrons. The number of benzene rings is 1. The van der Waals surface area contributed by atoms with E-state index in [1.807, 2.05) is 12.2 Å². The van der Waals surface area contributed by atoms with Crippen LogP contribution in [-0.2, 0) is 4.79 Å². The minimum Gasteiger partial charge on any atom is -0.481 e. The van der Waals surface area contributed by atoms with Gasteiger partial charge in [0.1, 0.15) is 5.75 Å². The Morgan fingerprint density at radius 1 is 1.47 bits per heavy atom. The van der Waals surface area contributed by atoms with Gasteiger partial charge in [0, 0.05) is 5.02 Å². The van der Waals surface area contributed by atoms with Crippen LogP contribution in [0.25, 0.3) is 0 Å². The average molecular weight is 257 g/mol. The SMILES string of the molecule is Cc1ccc(Cl)cc1OC(C)C(=O)NC(N)=O. The molecule has 3 amide bonds. The number of urea groups is 1. The van der Waals surface area contributed by atoms with Gasteiger partial charge >= 0.3 is 6.03 Å². The second kappa shape index (κ2) is 5.54. The molecule has 0 heterocycles. The number of nitrogens with two attached hydrogens (primary N) is 1. The molecule has 0 aliphatic carbocycles. The summed E-state index contributed by atoms with van der Waals surface area (Å²) in [5.41, 5.74) is 5.67. The molecule has 1 rings (SSSR count). The highest BCUT2D eigenvalue weighted by Crippen LogP contribution is 2.23. The number of aryl methyl sites for hydroxylation is 1. The maximum absolute atomic E-state index is 11.4. The van der Waals surface area contributed by atoms with Gasteiger partial charge < -0.3 is 10.5 Å². The molecule has 92 valence electrons. The largest absolute Gasteiger partial charge is 0.481 e. The van der Waals surface area contributed by atoms with Crippen molar-refractivity contribution >= 4 is 23.5 Å². The predicted molar refractivity (Wildman–Crippen MR) is 64.0 cm³/mol. The molecule has 0 saturated carbocycles. The van der Waals surface area contributed by atoms with Crippen LogP contribution in [0.3, 0.4) is 0 Å². The van der Waals surface area contributed by atoms with Crippen LogP contribution in [0.1, 0.15) is 12.5 Å². The smallest absolute Gasteiger partial charge is 0.318 e. The van der Waals surface area contributed by atoms with Gasteiger partial charge in [0.2, 0.25) is 0 Å². The van der Waals surface area contributed by atoms with Gasteiger partial charge in [0.05, 0.1) is 0 Å². The van der Waals surface area contributed by atoms with E-state index in [-0.39, 0.29) is 0 Å². The molecule has 0 spiro atoms. The van der Waals surface area contributed by atoms with E-state index in [0.29, 0.717) is 10.8 Å². The first-order chi connectivity index (χ1) is 7.90. The van der Waals surface area contributed by atoms with Crippen LogP contribution in [0, 0.1) is 6.92 Å². The molecule has 5 nitrogen and oxygen atoms in total. The van der Waals surface area contributed by atoms with Crippen LogP contribution >= 0.6 is 11.6 Å². The number of nitrogens with one attached hydrogen (secondary N) is 1. The molecule has 1 atom stereocenters. The molecule has 0 bridgehead atoms. The van der Waals surface area contributed by atoms with Gasteiger partial charge in [-0.25, -0.2) is 4.79 Å². The summed E-state index contributed by atoms with van der Waals surface area (Å²) in [4.78, 5) is 21.9. The summed E-state index contributed by atoms with van der Waals surface area (Å²) in [6.45, 7) is 3.34. The van der Waals surface area contributed by atoms with Crippen LogP contribution in [-0.4, -0.2) is 18.0 Å². The van der Waals surface area contributed by atoms with Gasteiger partial charge in [0.15, 0.2) is 6.10 Å². The van der Waals surface area contributed by atoms with Crippen LogP contribution in [0.5, 0.6) is 5.75 Å². The Hall–Kier alpha value is -1.75. The Bertz CT molecular complexity index is 448. The lowest BCUT2D eigenvalue weighted by atomic mass is 10.2. The highest BCUT2D eigenvalue weighted by Gasteiger charge is 2.17. The fraction of sp³-hybridized carbons (Fsp3) is 0.273. The van der Waals surface area contributed by atoms with E-state index in [9.17, 15) is 9.59 Å². The summed E-state index contributed by atoms with van der Waals surface area (Å²) < 4.78 is 5.38. The molecule has 1 unspecified atom stereocenters. The Labute approximate surface area is 104 Å². The van der Waals surface area contributed by atoms with E-state index >= 15 is 0 Å².